The standard InChI is InChI=1S/C2H5ClO.C2H7N/c3-1-2-4;1-2-3/h4H,1-2H2;2-3H2,1H3. The number of alkyl halides is 1. The van der Waals surface area contributed by atoms with E-state index in [4.69, 9.17) is 22.4 Å². The highest BCUT2D eigenvalue weighted by molar-refractivity contribution is 6.17. The summed E-state index contributed by atoms with van der Waals surface area (Å²) in [6.45, 7) is 2.74. The van der Waals surface area contributed by atoms with Crippen molar-refractivity contribution in [1.29, 1.82) is 0 Å². The second-order valence-electron chi connectivity index (χ2n) is 0.821. The highest BCUT2D eigenvalue weighted by Gasteiger charge is 1.60. The van der Waals surface area contributed by atoms with Crippen LogP contribution in [0, 0.1) is 0 Å². The average Bonchev–Trinajstić information content (AvgIpc) is 1.69. The van der Waals surface area contributed by atoms with Gasteiger partial charge in [-0.05, 0) is 6.54 Å². The van der Waals surface area contributed by atoms with Gasteiger partial charge in [-0.2, -0.15) is 0 Å². The molecular formula is C4H12ClNO. The van der Waals surface area contributed by atoms with Crippen molar-refractivity contribution in [2.75, 3.05) is 19.0 Å². The van der Waals surface area contributed by atoms with Crippen LogP contribution in [0.25, 0.3) is 0 Å². The van der Waals surface area contributed by atoms with Crippen molar-refractivity contribution in [1.82, 2.24) is 0 Å². The molecule has 0 bridgehead atoms. The quantitative estimate of drug-likeness (QED) is 0.492. The Hall–Kier alpha value is 0.210. The lowest BCUT2D eigenvalue weighted by atomic mass is 10.8. The monoisotopic (exact) mass is 125 g/mol. The maximum atomic E-state index is 7.74. The van der Waals surface area contributed by atoms with E-state index >= 15 is 0 Å². The predicted molar refractivity (Wildman–Crippen MR) is 32.5 cm³/mol. The fourth-order valence-electron chi connectivity index (χ4n) is 0. The second-order valence-corrected chi connectivity index (χ2v) is 1.20. The molecular weight excluding hydrogens is 114 g/mol. The van der Waals surface area contributed by atoms with Crippen LogP contribution in [0.2, 0.25) is 0 Å². The van der Waals surface area contributed by atoms with E-state index in [0.29, 0.717) is 5.88 Å². The molecule has 0 aliphatic carbocycles. The molecule has 0 atom stereocenters. The van der Waals surface area contributed by atoms with Crippen molar-refractivity contribution in [3.05, 3.63) is 0 Å². The molecule has 0 aromatic carbocycles. The Morgan fingerprint density at radius 3 is 1.86 bits per heavy atom. The van der Waals surface area contributed by atoms with Gasteiger partial charge in [-0.3, -0.25) is 0 Å². The lowest BCUT2D eigenvalue weighted by molar-refractivity contribution is 0.321. The van der Waals surface area contributed by atoms with E-state index in [9.17, 15) is 0 Å². The molecule has 46 valence electrons. The van der Waals surface area contributed by atoms with Crippen LogP contribution >= 0.6 is 11.6 Å². The molecule has 0 radical (unpaired) electrons. The first-order chi connectivity index (χ1) is 3.33. The molecule has 7 heavy (non-hydrogen) atoms. The third-order valence-electron chi connectivity index (χ3n) is 0.0845. The third-order valence-corrected chi connectivity index (χ3v) is 0.254. The molecule has 0 amide bonds. The second kappa shape index (κ2) is 16.4. The van der Waals surface area contributed by atoms with Gasteiger partial charge >= 0.3 is 0 Å². The summed E-state index contributed by atoms with van der Waals surface area (Å²) in [5.74, 6) is 0.347. The first-order valence-electron chi connectivity index (χ1n) is 2.20. The van der Waals surface area contributed by atoms with Gasteiger partial charge < -0.3 is 10.8 Å². The molecule has 3 N–H and O–H groups in total. The van der Waals surface area contributed by atoms with Crippen LogP contribution in [0.4, 0.5) is 0 Å². The molecule has 0 aromatic rings. The van der Waals surface area contributed by atoms with Crippen LogP contribution in [0.5, 0.6) is 0 Å². The third kappa shape index (κ3) is 75.2. The summed E-state index contributed by atoms with van der Waals surface area (Å²) in [5, 5.41) is 7.74. The van der Waals surface area contributed by atoms with Gasteiger partial charge in [0.25, 0.3) is 0 Å². The minimum atomic E-state index is 0.0849. The van der Waals surface area contributed by atoms with Crippen LogP contribution in [0.1, 0.15) is 6.92 Å². The number of halogens is 1. The Kier molecular flexibility index (Phi) is 23.9. The van der Waals surface area contributed by atoms with E-state index in [2.05, 4.69) is 0 Å². The van der Waals surface area contributed by atoms with Gasteiger partial charge in [-0.15, -0.1) is 11.6 Å². The summed E-state index contributed by atoms with van der Waals surface area (Å²) >= 11 is 4.94. The number of hydrogen-bond donors (Lipinski definition) is 2. The van der Waals surface area contributed by atoms with Crippen LogP contribution in [-0.4, -0.2) is 24.1 Å². The van der Waals surface area contributed by atoms with E-state index in [0.717, 1.165) is 6.54 Å². The van der Waals surface area contributed by atoms with E-state index in [1.165, 1.54) is 0 Å². The van der Waals surface area contributed by atoms with Crippen molar-refractivity contribution in [3.8, 4) is 0 Å². The summed E-state index contributed by atoms with van der Waals surface area (Å²) < 4.78 is 0. The average molecular weight is 126 g/mol. The Morgan fingerprint density at radius 2 is 1.86 bits per heavy atom. The molecule has 0 aliphatic rings. The molecule has 0 spiro atoms. The van der Waals surface area contributed by atoms with Crippen molar-refractivity contribution < 1.29 is 5.11 Å². The van der Waals surface area contributed by atoms with Crippen LogP contribution < -0.4 is 5.73 Å². The minimum absolute atomic E-state index is 0.0849. The fraction of sp³-hybridized carbons (Fsp3) is 1.00. The number of aliphatic hydroxyl groups is 1. The smallest absolute Gasteiger partial charge is 0.0566 e. The van der Waals surface area contributed by atoms with E-state index in [-0.39, 0.29) is 6.61 Å². The molecule has 3 heteroatoms. The van der Waals surface area contributed by atoms with Gasteiger partial charge in [0.05, 0.1) is 6.61 Å². The molecule has 0 aliphatic heterocycles. The Labute approximate surface area is 49.3 Å². The maximum Gasteiger partial charge on any atom is 0.0566 e. The molecule has 0 saturated carbocycles. The molecule has 0 rings (SSSR count). The summed E-state index contributed by atoms with van der Waals surface area (Å²) in [4.78, 5) is 0. The summed E-state index contributed by atoms with van der Waals surface area (Å²) in [6.07, 6.45) is 0. The summed E-state index contributed by atoms with van der Waals surface area (Å²) in [7, 11) is 0. The number of aliphatic hydroxyl groups excluding tert-OH is 1. The minimum Gasteiger partial charge on any atom is -0.395 e. The first-order valence-corrected chi connectivity index (χ1v) is 2.73. The largest absolute Gasteiger partial charge is 0.395 e. The zero-order valence-electron chi connectivity index (χ0n) is 4.52. The van der Waals surface area contributed by atoms with Gasteiger partial charge in [-0.1, -0.05) is 6.92 Å². The molecule has 0 aromatic heterocycles. The van der Waals surface area contributed by atoms with E-state index < -0.39 is 0 Å². The Morgan fingerprint density at radius 1 is 1.71 bits per heavy atom. The number of hydrogen-bond acceptors (Lipinski definition) is 2. The zero-order chi connectivity index (χ0) is 6.12. The van der Waals surface area contributed by atoms with Crippen LogP contribution in [0.3, 0.4) is 0 Å². The molecule has 0 saturated heterocycles. The molecule has 2 nitrogen and oxygen atoms in total. The van der Waals surface area contributed by atoms with Gasteiger partial charge in [0.1, 0.15) is 0 Å². The topological polar surface area (TPSA) is 46.2 Å². The lowest BCUT2D eigenvalue weighted by Crippen LogP contribution is -1.87. The maximum absolute atomic E-state index is 7.74. The number of rotatable bonds is 1. The van der Waals surface area contributed by atoms with Crippen LogP contribution in [0.15, 0.2) is 0 Å². The first kappa shape index (κ1) is 10.2. The molecule has 0 fully saturated rings. The normalized spacial score (nSPS) is 6.86. The van der Waals surface area contributed by atoms with Gasteiger partial charge in [0.15, 0.2) is 0 Å². The highest BCUT2D eigenvalue weighted by Crippen LogP contribution is 1.63. The SMILES string of the molecule is CCN.OCCCl. The van der Waals surface area contributed by atoms with E-state index in [1.54, 1.807) is 0 Å². The Bertz CT molecular complexity index is 19.2. The summed E-state index contributed by atoms with van der Waals surface area (Å²) in [5.41, 5.74) is 4.85. The van der Waals surface area contributed by atoms with Crippen molar-refractivity contribution in [3.63, 3.8) is 0 Å². The Balaban J connectivity index is 0. The lowest BCUT2D eigenvalue weighted by Gasteiger charge is -1.67. The van der Waals surface area contributed by atoms with Gasteiger partial charge in [-0.25, -0.2) is 0 Å². The van der Waals surface area contributed by atoms with Crippen molar-refractivity contribution in [2.45, 2.75) is 6.92 Å². The van der Waals surface area contributed by atoms with Gasteiger partial charge in [0.2, 0.25) is 0 Å². The van der Waals surface area contributed by atoms with Gasteiger partial charge in [0, 0.05) is 5.88 Å². The van der Waals surface area contributed by atoms with Crippen molar-refractivity contribution in [2.24, 2.45) is 5.73 Å². The fourth-order valence-corrected chi connectivity index (χ4v) is 0. The molecule has 0 unspecified atom stereocenters. The summed E-state index contributed by atoms with van der Waals surface area (Å²) in [6, 6.07) is 0. The molecule has 0 heterocycles. The van der Waals surface area contributed by atoms with Crippen molar-refractivity contribution >= 4 is 11.6 Å². The number of nitrogens with two attached hydrogens (primary N) is 1. The van der Waals surface area contributed by atoms with Crippen LogP contribution in [-0.2, 0) is 0 Å². The highest BCUT2D eigenvalue weighted by atomic mass is 35.5. The van der Waals surface area contributed by atoms with E-state index in [1.807, 2.05) is 6.92 Å². The zero-order valence-corrected chi connectivity index (χ0v) is 5.28. The predicted octanol–water partition coefficient (Wildman–Crippen LogP) is 0.183.